The third-order valence-electron chi connectivity index (χ3n) is 4.37. The molecule has 1 N–H and O–H groups in total. The van der Waals surface area contributed by atoms with E-state index in [0.717, 1.165) is 49.2 Å². The summed E-state index contributed by atoms with van der Waals surface area (Å²) in [7, 11) is 2.17. The Labute approximate surface area is 146 Å². The van der Waals surface area contributed by atoms with E-state index in [-0.39, 0.29) is 0 Å². The zero-order chi connectivity index (χ0) is 16.4. The number of rotatable bonds is 4. The fourth-order valence-electron chi connectivity index (χ4n) is 2.87. The van der Waals surface area contributed by atoms with Crippen LogP contribution in [-0.2, 0) is 6.54 Å². The Morgan fingerprint density at radius 3 is 2.67 bits per heavy atom. The number of hydrogen-bond donors (Lipinski definition) is 1. The molecule has 1 saturated heterocycles. The number of piperazine rings is 1. The number of likely N-dealkylation sites (N-methyl/N-ethyl adjacent to an activating group) is 1. The molecule has 1 aliphatic heterocycles. The molecule has 0 aliphatic carbocycles. The summed E-state index contributed by atoms with van der Waals surface area (Å²) in [6, 6.07) is 12.5. The molecule has 5 nitrogen and oxygen atoms in total. The van der Waals surface area contributed by atoms with Gasteiger partial charge in [-0.15, -0.1) is 0 Å². The van der Waals surface area contributed by atoms with Crippen molar-refractivity contribution in [2.45, 2.75) is 6.54 Å². The van der Waals surface area contributed by atoms with E-state index in [2.05, 4.69) is 50.3 Å². The minimum absolute atomic E-state index is 0.746. The summed E-state index contributed by atoms with van der Waals surface area (Å²) in [5, 5.41) is 4.36. The first-order valence-corrected chi connectivity index (χ1v) is 9.07. The third kappa shape index (κ3) is 3.34. The van der Waals surface area contributed by atoms with E-state index in [4.69, 9.17) is 0 Å². The van der Waals surface area contributed by atoms with E-state index in [0.29, 0.717) is 0 Å². The molecule has 3 aromatic rings. The standard InChI is InChI=1S/C18H21N5S/c1-22-8-10-23(11-9-22)17-7-6-14(12-19-17)13-20-18-21-15-4-2-3-5-16(15)24-18/h2-7,12H,8-11,13H2,1H3,(H,20,21). The summed E-state index contributed by atoms with van der Waals surface area (Å²) in [6.45, 7) is 5.04. The largest absolute Gasteiger partial charge is 0.357 e. The number of nitrogens with zero attached hydrogens (tertiary/aromatic N) is 4. The van der Waals surface area contributed by atoms with Gasteiger partial charge in [0.05, 0.1) is 10.2 Å². The first-order chi connectivity index (χ1) is 11.8. The number of nitrogens with one attached hydrogen (secondary N) is 1. The Kier molecular flexibility index (Phi) is 4.32. The second-order valence-corrected chi connectivity index (χ2v) is 7.19. The molecular formula is C18H21N5S. The number of hydrogen-bond acceptors (Lipinski definition) is 6. The van der Waals surface area contributed by atoms with Gasteiger partial charge in [-0.05, 0) is 30.8 Å². The average molecular weight is 339 g/mol. The van der Waals surface area contributed by atoms with Gasteiger partial charge >= 0.3 is 0 Å². The van der Waals surface area contributed by atoms with Crippen molar-refractivity contribution < 1.29 is 0 Å². The van der Waals surface area contributed by atoms with E-state index < -0.39 is 0 Å². The van der Waals surface area contributed by atoms with Crippen molar-refractivity contribution in [2.75, 3.05) is 43.4 Å². The van der Waals surface area contributed by atoms with Crippen molar-refractivity contribution in [3.63, 3.8) is 0 Å². The minimum Gasteiger partial charge on any atom is -0.357 e. The molecule has 0 saturated carbocycles. The highest BCUT2D eigenvalue weighted by Gasteiger charge is 2.14. The van der Waals surface area contributed by atoms with Gasteiger partial charge < -0.3 is 15.1 Å². The molecule has 24 heavy (non-hydrogen) atoms. The SMILES string of the molecule is CN1CCN(c2ccc(CNc3nc4ccccc4s3)cn2)CC1. The van der Waals surface area contributed by atoms with Crippen LogP contribution in [0.3, 0.4) is 0 Å². The molecule has 1 aromatic carbocycles. The molecule has 4 rings (SSSR count). The predicted octanol–water partition coefficient (Wildman–Crippen LogP) is 3.06. The van der Waals surface area contributed by atoms with Crippen LogP contribution in [0, 0.1) is 0 Å². The van der Waals surface area contributed by atoms with Gasteiger partial charge in [-0.3, -0.25) is 0 Å². The molecule has 0 bridgehead atoms. The van der Waals surface area contributed by atoms with E-state index in [1.54, 1.807) is 11.3 Å². The van der Waals surface area contributed by atoms with Gasteiger partial charge in [-0.25, -0.2) is 9.97 Å². The monoisotopic (exact) mass is 339 g/mol. The molecule has 0 unspecified atom stereocenters. The van der Waals surface area contributed by atoms with Gasteiger partial charge in [0.15, 0.2) is 5.13 Å². The Hall–Kier alpha value is -2.18. The first-order valence-electron chi connectivity index (χ1n) is 8.26. The van der Waals surface area contributed by atoms with Gasteiger partial charge in [-0.2, -0.15) is 0 Å². The smallest absolute Gasteiger partial charge is 0.184 e. The van der Waals surface area contributed by atoms with Crippen LogP contribution < -0.4 is 10.2 Å². The predicted molar refractivity (Wildman–Crippen MR) is 101 cm³/mol. The molecule has 1 aliphatic rings. The number of anilines is 2. The maximum absolute atomic E-state index is 4.63. The zero-order valence-electron chi connectivity index (χ0n) is 13.8. The number of para-hydroxylation sites is 1. The molecule has 124 valence electrons. The maximum Gasteiger partial charge on any atom is 0.184 e. The molecule has 0 radical (unpaired) electrons. The van der Waals surface area contributed by atoms with Crippen LogP contribution in [0.1, 0.15) is 5.56 Å². The van der Waals surface area contributed by atoms with Gasteiger partial charge in [0.2, 0.25) is 0 Å². The molecule has 0 spiro atoms. The minimum atomic E-state index is 0.746. The Morgan fingerprint density at radius 1 is 1.08 bits per heavy atom. The van der Waals surface area contributed by atoms with Crippen LogP contribution in [0.15, 0.2) is 42.6 Å². The summed E-state index contributed by atoms with van der Waals surface area (Å²) >= 11 is 1.69. The van der Waals surface area contributed by atoms with E-state index in [1.165, 1.54) is 10.3 Å². The fourth-order valence-corrected chi connectivity index (χ4v) is 3.73. The normalized spacial score (nSPS) is 15.8. The van der Waals surface area contributed by atoms with Crippen LogP contribution in [0.25, 0.3) is 10.2 Å². The quantitative estimate of drug-likeness (QED) is 0.791. The molecule has 0 atom stereocenters. The first kappa shape index (κ1) is 15.4. The molecule has 0 amide bonds. The van der Waals surface area contributed by atoms with E-state index in [1.807, 2.05) is 24.4 Å². The highest BCUT2D eigenvalue weighted by molar-refractivity contribution is 7.22. The lowest BCUT2D eigenvalue weighted by molar-refractivity contribution is 0.312. The van der Waals surface area contributed by atoms with Crippen LogP contribution >= 0.6 is 11.3 Å². The fraction of sp³-hybridized carbons (Fsp3) is 0.333. The molecule has 1 fully saturated rings. The van der Waals surface area contributed by atoms with Crippen molar-refractivity contribution in [1.29, 1.82) is 0 Å². The Balaban J connectivity index is 1.38. The lowest BCUT2D eigenvalue weighted by atomic mass is 10.2. The van der Waals surface area contributed by atoms with Crippen LogP contribution in [0.4, 0.5) is 10.9 Å². The molecule has 2 aromatic heterocycles. The van der Waals surface area contributed by atoms with Gasteiger partial charge in [0.25, 0.3) is 0 Å². The highest BCUT2D eigenvalue weighted by Crippen LogP contribution is 2.25. The van der Waals surface area contributed by atoms with Crippen LogP contribution in [0.2, 0.25) is 0 Å². The summed E-state index contributed by atoms with van der Waals surface area (Å²) in [5.41, 5.74) is 2.22. The Morgan fingerprint density at radius 2 is 1.92 bits per heavy atom. The van der Waals surface area contributed by atoms with Crippen molar-refractivity contribution in [1.82, 2.24) is 14.9 Å². The van der Waals surface area contributed by atoms with Crippen molar-refractivity contribution in [3.05, 3.63) is 48.2 Å². The van der Waals surface area contributed by atoms with E-state index >= 15 is 0 Å². The van der Waals surface area contributed by atoms with Crippen LogP contribution in [0.5, 0.6) is 0 Å². The molecule has 3 heterocycles. The van der Waals surface area contributed by atoms with Crippen molar-refractivity contribution in [3.8, 4) is 0 Å². The number of fused-ring (bicyclic) bond motifs is 1. The third-order valence-corrected chi connectivity index (χ3v) is 5.37. The number of pyridine rings is 1. The summed E-state index contributed by atoms with van der Waals surface area (Å²) in [6.07, 6.45) is 1.97. The second kappa shape index (κ2) is 6.75. The maximum atomic E-state index is 4.63. The molecular weight excluding hydrogens is 318 g/mol. The number of aromatic nitrogens is 2. The molecule has 6 heteroatoms. The summed E-state index contributed by atoms with van der Waals surface area (Å²) in [5.74, 6) is 1.08. The summed E-state index contributed by atoms with van der Waals surface area (Å²) < 4.78 is 1.21. The Bertz CT molecular complexity index is 773. The topological polar surface area (TPSA) is 44.3 Å². The van der Waals surface area contributed by atoms with Crippen molar-refractivity contribution in [2.24, 2.45) is 0 Å². The van der Waals surface area contributed by atoms with Crippen LogP contribution in [-0.4, -0.2) is 48.1 Å². The number of thiazole rings is 1. The van der Waals surface area contributed by atoms with E-state index in [9.17, 15) is 0 Å². The zero-order valence-corrected chi connectivity index (χ0v) is 14.6. The number of benzene rings is 1. The lowest BCUT2D eigenvalue weighted by Crippen LogP contribution is -2.44. The van der Waals surface area contributed by atoms with Crippen molar-refractivity contribution >= 4 is 32.5 Å². The second-order valence-electron chi connectivity index (χ2n) is 6.16. The van der Waals surface area contributed by atoms with Gasteiger partial charge in [0, 0.05) is 38.9 Å². The lowest BCUT2D eigenvalue weighted by Gasteiger charge is -2.33. The summed E-state index contributed by atoms with van der Waals surface area (Å²) in [4.78, 5) is 13.9. The van der Waals surface area contributed by atoms with Gasteiger partial charge in [-0.1, -0.05) is 29.5 Å². The average Bonchev–Trinajstić information content (AvgIpc) is 3.04. The highest BCUT2D eigenvalue weighted by atomic mass is 32.1. The van der Waals surface area contributed by atoms with Gasteiger partial charge in [0.1, 0.15) is 5.82 Å².